The maximum Gasteiger partial charge on any atom is 0.125 e. The van der Waals surface area contributed by atoms with Gasteiger partial charge >= 0.3 is 0 Å². The summed E-state index contributed by atoms with van der Waals surface area (Å²) in [6.45, 7) is 8.12. The van der Waals surface area contributed by atoms with Crippen LogP contribution in [0.4, 0.5) is 0 Å². The molecule has 0 spiro atoms. The van der Waals surface area contributed by atoms with Gasteiger partial charge in [-0.3, -0.25) is 0 Å². The van der Waals surface area contributed by atoms with E-state index in [4.69, 9.17) is 9.84 Å². The minimum Gasteiger partial charge on any atom is -0.493 e. The Bertz CT molecular complexity index is 317. The summed E-state index contributed by atoms with van der Waals surface area (Å²) in [7, 11) is 0. The zero-order chi connectivity index (χ0) is 12.7. The minimum absolute atomic E-state index is 0.283. The molecule has 0 aliphatic heterocycles. The van der Waals surface area contributed by atoms with E-state index in [0.717, 1.165) is 18.7 Å². The molecule has 0 saturated heterocycles. The first-order valence-electron chi connectivity index (χ1n) is 6.19. The zero-order valence-corrected chi connectivity index (χ0v) is 11.0. The maximum atomic E-state index is 9.07. The monoisotopic (exact) mass is 237 g/mol. The first kappa shape index (κ1) is 14.0. The fraction of sp³-hybridized carbons (Fsp3) is 0.571. The molecule has 0 fully saturated rings. The van der Waals surface area contributed by atoms with Gasteiger partial charge in [0.1, 0.15) is 5.75 Å². The molecular weight excluding hydrogens is 214 g/mol. The SMILES string of the molecule is Cc1cccc(C)c1OCCCNCC(C)O. The van der Waals surface area contributed by atoms with Gasteiger partial charge in [-0.2, -0.15) is 0 Å². The summed E-state index contributed by atoms with van der Waals surface area (Å²) in [4.78, 5) is 0. The van der Waals surface area contributed by atoms with Crippen LogP contribution in [0.25, 0.3) is 0 Å². The van der Waals surface area contributed by atoms with Crippen molar-refractivity contribution in [3.63, 3.8) is 0 Å². The Balaban J connectivity index is 2.22. The summed E-state index contributed by atoms with van der Waals surface area (Å²) < 4.78 is 5.77. The first-order valence-corrected chi connectivity index (χ1v) is 6.19. The lowest BCUT2D eigenvalue weighted by Gasteiger charge is -2.12. The van der Waals surface area contributed by atoms with Crippen molar-refractivity contribution < 1.29 is 9.84 Å². The molecule has 0 aliphatic rings. The van der Waals surface area contributed by atoms with Gasteiger partial charge in [0.05, 0.1) is 12.7 Å². The molecule has 1 atom stereocenters. The molecule has 0 aromatic heterocycles. The second-order valence-electron chi connectivity index (χ2n) is 4.48. The van der Waals surface area contributed by atoms with E-state index < -0.39 is 0 Å². The number of rotatable bonds is 7. The highest BCUT2D eigenvalue weighted by Crippen LogP contribution is 2.22. The van der Waals surface area contributed by atoms with Crippen molar-refractivity contribution in [2.45, 2.75) is 33.3 Å². The molecule has 0 aliphatic carbocycles. The van der Waals surface area contributed by atoms with Gasteiger partial charge in [-0.15, -0.1) is 0 Å². The fourth-order valence-electron chi connectivity index (χ4n) is 1.71. The molecule has 1 aromatic carbocycles. The molecule has 1 aromatic rings. The number of hydrogen-bond donors (Lipinski definition) is 2. The number of aliphatic hydroxyl groups is 1. The van der Waals surface area contributed by atoms with Crippen molar-refractivity contribution in [1.29, 1.82) is 0 Å². The second-order valence-corrected chi connectivity index (χ2v) is 4.48. The van der Waals surface area contributed by atoms with Gasteiger partial charge in [0.2, 0.25) is 0 Å². The van der Waals surface area contributed by atoms with Crippen LogP contribution in [0.2, 0.25) is 0 Å². The maximum absolute atomic E-state index is 9.07. The van der Waals surface area contributed by atoms with Crippen molar-refractivity contribution in [2.75, 3.05) is 19.7 Å². The van der Waals surface area contributed by atoms with E-state index >= 15 is 0 Å². The van der Waals surface area contributed by atoms with Crippen molar-refractivity contribution in [2.24, 2.45) is 0 Å². The molecular formula is C14H23NO2. The predicted molar refractivity (Wildman–Crippen MR) is 70.6 cm³/mol. The van der Waals surface area contributed by atoms with Crippen LogP contribution in [0.15, 0.2) is 18.2 Å². The van der Waals surface area contributed by atoms with Gasteiger partial charge in [0.25, 0.3) is 0 Å². The summed E-state index contributed by atoms with van der Waals surface area (Å²) in [5.41, 5.74) is 2.36. The van der Waals surface area contributed by atoms with Gasteiger partial charge in [-0.25, -0.2) is 0 Å². The third-order valence-corrected chi connectivity index (χ3v) is 2.59. The van der Waals surface area contributed by atoms with E-state index in [1.165, 1.54) is 11.1 Å². The van der Waals surface area contributed by atoms with Gasteiger partial charge in [0.15, 0.2) is 0 Å². The van der Waals surface area contributed by atoms with Crippen LogP contribution >= 0.6 is 0 Å². The van der Waals surface area contributed by atoms with Gasteiger partial charge in [-0.1, -0.05) is 18.2 Å². The summed E-state index contributed by atoms with van der Waals surface area (Å²) in [5.74, 6) is 1.00. The van der Waals surface area contributed by atoms with E-state index in [9.17, 15) is 0 Å². The Morgan fingerprint density at radius 2 is 1.94 bits per heavy atom. The van der Waals surface area contributed by atoms with Gasteiger partial charge < -0.3 is 15.2 Å². The molecule has 17 heavy (non-hydrogen) atoms. The lowest BCUT2D eigenvalue weighted by atomic mass is 10.1. The molecule has 1 rings (SSSR count). The smallest absolute Gasteiger partial charge is 0.125 e. The average Bonchev–Trinajstić information content (AvgIpc) is 2.26. The number of hydrogen-bond acceptors (Lipinski definition) is 3. The van der Waals surface area contributed by atoms with Crippen molar-refractivity contribution in [1.82, 2.24) is 5.32 Å². The highest BCUT2D eigenvalue weighted by molar-refractivity contribution is 5.39. The quantitative estimate of drug-likeness (QED) is 0.713. The van der Waals surface area contributed by atoms with E-state index in [0.29, 0.717) is 13.2 Å². The lowest BCUT2D eigenvalue weighted by Crippen LogP contribution is -2.26. The topological polar surface area (TPSA) is 41.5 Å². The van der Waals surface area contributed by atoms with Crippen LogP contribution in [-0.2, 0) is 0 Å². The predicted octanol–water partition coefficient (Wildman–Crippen LogP) is 2.04. The lowest BCUT2D eigenvalue weighted by molar-refractivity contribution is 0.190. The molecule has 0 radical (unpaired) electrons. The standard InChI is InChI=1S/C14H23NO2/c1-11-6-4-7-12(2)14(11)17-9-5-8-15-10-13(3)16/h4,6-7,13,15-16H,5,8-10H2,1-3H3. The largest absolute Gasteiger partial charge is 0.493 e. The summed E-state index contributed by atoms with van der Waals surface area (Å²) in [5, 5.41) is 12.2. The van der Waals surface area contributed by atoms with Crippen LogP contribution in [0.1, 0.15) is 24.5 Å². The van der Waals surface area contributed by atoms with Crippen molar-refractivity contribution in [3.05, 3.63) is 29.3 Å². The molecule has 0 amide bonds. The Kier molecular flexibility index (Phi) is 6.01. The minimum atomic E-state index is -0.283. The third-order valence-electron chi connectivity index (χ3n) is 2.59. The number of nitrogens with one attached hydrogen (secondary N) is 1. The average molecular weight is 237 g/mol. The number of benzene rings is 1. The number of ether oxygens (including phenoxy) is 1. The molecule has 1 unspecified atom stereocenters. The van der Waals surface area contributed by atoms with Crippen LogP contribution < -0.4 is 10.1 Å². The number of aryl methyl sites for hydroxylation is 2. The van der Waals surface area contributed by atoms with E-state index in [1.54, 1.807) is 6.92 Å². The van der Waals surface area contributed by atoms with Gasteiger partial charge in [0, 0.05) is 6.54 Å². The normalized spacial score (nSPS) is 12.5. The Labute approximate surface area is 104 Å². The zero-order valence-electron chi connectivity index (χ0n) is 11.0. The molecule has 3 heteroatoms. The van der Waals surface area contributed by atoms with E-state index in [2.05, 4.69) is 31.3 Å². The summed E-state index contributed by atoms with van der Waals surface area (Å²) in [6, 6.07) is 6.17. The number of para-hydroxylation sites is 1. The molecule has 0 heterocycles. The van der Waals surface area contributed by atoms with Crippen LogP contribution in [0.5, 0.6) is 5.75 Å². The summed E-state index contributed by atoms with van der Waals surface area (Å²) in [6.07, 6.45) is 0.662. The van der Waals surface area contributed by atoms with Crippen LogP contribution in [-0.4, -0.2) is 30.9 Å². The Hall–Kier alpha value is -1.06. The summed E-state index contributed by atoms with van der Waals surface area (Å²) >= 11 is 0. The molecule has 2 N–H and O–H groups in total. The third kappa shape index (κ3) is 5.20. The molecule has 3 nitrogen and oxygen atoms in total. The van der Waals surface area contributed by atoms with Crippen LogP contribution in [0.3, 0.4) is 0 Å². The van der Waals surface area contributed by atoms with Gasteiger partial charge in [-0.05, 0) is 44.9 Å². The molecule has 0 bridgehead atoms. The Morgan fingerprint density at radius 3 is 2.53 bits per heavy atom. The highest BCUT2D eigenvalue weighted by atomic mass is 16.5. The van der Waals surface area contributed by atoms with Crippen molar-refractivity contribution >= 4 is 0 Å². The van der Waals surface area contributed by atoms with Crippen molar-refractivity contribution in [3.8, 4) is 5.75 Å². The van der Waals surface area contributed by atoms with E-state index in [-0.39, 0.29) is 6.10 Å². The molecule has 96 valence electrons. The molecule has 0 saturated carbocycles. The fourth-order valence-corrected chi connectivity index (χ4v) is 1.71. The van der Waals surface area contributed by atoms with Crippen LogP contribution in [0, 0.1) is 13.8 Å². The Morgan fingerprint density at radius 1 is 1.29 bits per heavy atom. The highest BCUT2D eigenvalue weighted by Gasteiger charge is 2.02. The van der Waals surface area contributed by atoms with E-state index in [1.807, 2.05) is 6.07 Å². The number of aliphatic hydroxyl groups excluding tert-OH is 1. The first-order chi connectivity index (χ1) is 8.11. The second kappa shape index (κ2) is 7.30.